The Kier molecular flexibility index (Phi) is 7.98. The average molecular weight is 648 g/mol. The van der Waals surface area contributed by atoms with Crippen molar-refractivity contribution in [3.05, 3.63) is 58.2 Å². The average Bonchev–Trinajstić information content (AvgIpc) is 3.67. The van der Waals surface area contributed by atoms with Crippen molar-refractivity contribution < 1.29 is 37.5 Å². The first-order valence-corrected chi connectivity index (χ1v) is 16.8. The second-order valence-corrected chi connectivity index (χ2v) is 14.4. The van der Waals surface area contributed by atoms with Crippen LogP contribution in [0.15, 0.2) is 42.1 Å². The lowest BCUT2D eigenvalue weighted by molar-refractivity contribution is -0.147. The van der Waals surface area contributed by atoms with Crippen molar-refractivity contribution in [2.45, 2.75) is 62.3 Å². The Bertz CT molecular complexity index is 1710. The van der Waals surface area contributed by atoms with Crippen molar-refractivity contribution in [3.63, 3.8) is 0 Å². The summed E-state index contributed by atoms with van der Waals surface area (Å²) in [6.45, 7) is 0.974. The van der Waals surface area contributed by atoms with Crippen molar-refractivity contribution in [2.75, 3.05) is 13.1 Å². The van der Waals surface area contributed by atoms with E-state index in [-0.39, 0.29) is 28.1 Å². The van der Waals surface area contributed by atoms with E-state index in [2.05, 4.69) is 10.4 Å². The van der Waals surface area contributed by atoms with E-state index in [0.717, 1.165) is 54.0 Å². The lowest BCUT2D eigenvalue weighted by Crippen LogP contribution is -2.58. The molecule has 3 atom stereocenters. The van der Waals surface area contributed by atoms with Crippen LogP contribution in [-0.4, -0.2) is 78.3 Å². The monoisotopic (exact) mass is 647 g/mol. The molecule has 0 unspecified atom stereocenters. The molecule has 3 amide bonds. The summed E-state index contributed by atoms with van der Waals surface area (Å²) in [5.41, 5.74) is -3.18. The highest BCUT2D eigenvalue weighted by Crippen LogP contribution is 2.59. The number of aryl methyl sites for hydroxylation is 1. The number of carbonyl (C=O) groups excluding carboxylic acids is 3. The minimum absolute atomic E-state index is 0.0830. The van der Waals surface area contributed by atoms with Crippen LogP contribution in [0.3, 0.4) is 0 Å². The predicted molar refractivity (Wildman–Crippen MR) is 159 cm³/mol. The number of likely N-dealkylation sites (tertiary alicyclic amines) is 1. The Morgan fingerprint density at radius 3 is 2.57 bits per heavy atom. The van der Waals surface area contributed by atoms with Crippen molar-refractivity contribution in [2.24, 2.45) is 7.05 Å². The van der Waals surface area contributed by atoms with Crippen LogP contribution in [0.4, 0.5) is 8.78 Å². The van der Waals surface area contributed by atoms with Crippen molar-refractivity contribution in [3.8, 4) is 0 Å². The van der Waals surface area contributed by atoms with Gasteiger partial charge in [0.15, 0.2) is 0 Å². The quantitative estimate of drug-likeness (QED) is 0.345. The van der Waals surface area contributed by atoms with Gasteiger partial charge in [0, 0.05) is 42.6 Å². The molecule has 1 aromatic carbocycles. The molecule has 2 aromatic heterocycles. The van der Waals surface area contributed by atoms with Crippen molar-refractivity contribution in [1.82, 2.24) is 24.9 Å². The van der Waals surface area contributed by atoms with Gasteiger partial charge < -0.3 is 24.9 Å². The van der Waals surface area contributed by atoms with Gasteiger partial charge in [-0.25, -0.2) is 0 Å². The van der Waals surface area contributed by atoms with Gasteiger partial charge in [-0.15, -0.1) is 11.3 Å². The summed E-state index contributed by atoms with van der Waals surface area (Å²) in [5.74, 6) is -0.949. The fourth-order valence-electron chi connectivity index (χ4n) is 6.28. The van der Waals surface area contributed by atoms with Crippen molar-refractivity contribution in [1.29, 1.82) is 0 Å². The SMILES string of the molecule is Cn1nccc1C=C1CN(C(=O)[C@@H]2CC[C@@H]3CCCC[C@H](NC(=O)c4cc5cc(C(F)(F)P(=O)(O)O)ccc5s4)C(=O)N32)C1. The van der Waals surface area contributed by atoms with Gasteiger partial charge >= 0.3 is 13.3 Å². The third-order valence-corrected chi connectivity index (χ3v) is 10.8. The van der Waals surface area contributed by atoms with Gasteiger partial charge in [0.25, 0.3) is 5.91 Å². The second kappa shape index (κ2) is 11.5. The van der Waals surface area contributed by atoms with Gasteiger partial charge in [-0.1, -0.05) is 18.9 Å². The Balaban J connectivity index is 1.16. The molecule has 11 nitrogen and oxygen atoms in total. The Hall–Kier alpha value is -3.45. The van der Waals surface area contributed by atoms with E-state index in [1.807, 2.05) is 19.2 Å². The van der Waals surface area contributed by atoms with Crippen LogP contribution < -0.4 is 5.32 Å². The molecule has 3 aromatic rings. The minimum atomic E-state index is -5.75. The summed E-state index contributed by atoms with van der Waals surface area (Å²) in [5, 5.41) is 7.20. The zero-order chi connectivity index (χ0) is 31.4. The molecular formula is C29H32F2N5O6PS. The van der Waals surface area contributed by atoms with Gasteiger partial charge in [0.2, 0.25) is 11.8 Å². The number of nitrogens with one attached hydrogen (secondary N) is 1. The molecule has 0 radical (unpaired) electrons. The maximum absolute atomic E-state index is 14.2. The van der Waals surface area contributed by atoms with Gasteiger partial charge in [0.05, 0.1) is 10.6 Å². The number of hydrogen-bond acceptors (Lipinski definition) is 6. The molecule has 3 N–H and O–H groups in total. The number of thiophene rings is 1. The van der Waals surface area contributed by atoms with Crippen LogP contribution in [-0.2, 0) is 26.9 Å². The number of carbonyl (C=O) groups is 3. The zero-order valence-electron chi connectivity index (χ0n) is 23.9. The molecule has 44 heavy (non-hydrogen) atoms. The molecule has 15 heteroatoms. The Morgan fingerprint density at radius 2 is 1.86 bits per heavy atom. The van der Waals surface area contributed by atoms with Gasteiger partial charge in [-0.05, 0) is 67.0 Å². The van der Waals surface area contributed by atoms with Crippen LogP contribution >= 0.6 is 18.9 Å². The fraction of sp³-hybridized carbons (Fsp3) is 0.448. The third kappa shape index (κ3) is 5.60. The van der Waals surface area contributed by atoms with E-state index in [1.54, 1.807) is 20.7 Å². The zero-order valence-corrected chi connectivity index (χ0v) is 25.6. The number of halogens is 2. The minimum Gasteiger partial charge on any atom is -0.340 e. The number of fused-ring (bicyclic) bond motifs is 2. The van der Waals surface area contributed by atoms with Crippen LogP contribution in [0.25, 0.3) is 16.2 Å². The van der Waals surface area contributed by atoms with E-state index < -0.39 is 36.8 Å². The first-order valence-electron chi connectivity index (χ1n) is 14.4. The predicted octanol–water partition coefficient (Wildman–Crippen LogP) is 3.82. The molecule has 3 saturated heterocycles. The molecule has 0 aliphatic carbocycles. The fourth-order valence-corrected chi connectivity index (χ4v) is 7.71. The van der Waals surface area contributed by atoms with E-state index in [9.17, 15) is 27.7 Å². The van der Waals surface area contributed by atoms with E-state index >= 15 is 0 Å². The summed E-state index contributed by atoms with van der Waals surface area (Å²) in [6.07, 6.45) is 7.77. The van der Waals surface area contributed by atoms with Crippen LogP contribution in [0.2, 0.25) is 0 Å². The summed E-state index contributed by atoms with van der Waals surface area (Å²) >= 11 is 1.03. The third-order valence-electron chi connectivity index (χ3n) is 8.69. The number of benzene rings is 1. The van der Waals surface area contributed by atoms with E-state index in [4.69, 9.17) is 9.79 Å². The molecule has 5 heterocycles. The second-order valence-electron chi connectivity index (χ2n) is 11.6. The number of rotatable bonds is 6. The van der Waals surface area contributed by atoms with Gasteiger partial charge in [0.1, 0.15) is 12.1 Å². The summed E-state index contributed by atoms with van der Waals surface area (Å²) in [4.78, 5) is 62.5. The Morgan fingerprint density at radius 1 is 1.11 bits per heavy atom. The van der Waals surface area contributed by atoms with Crippen LogP contribution in [0.1, 0.15) is 59.5 Å². The number of nitrogens with zero attached hydrogens (tertiary/aromatic N) is 4. The molecule has 6 rings (SSSR count). The van der Waals surface area contributed by atoms with Crippen LogP contribution in [0, 0.1) is 0 Å². The number of amides is 3. The van der Waals surface area contributed by atoms with Gasteiger partial charge in [-0.2, -0.15) is 13.9 Å². The molecule has 0 bridgehead atoms. The van der Waals surface area contributed by atoms with Crippen LogP contribution in [0.5, 0.6) is 0 Å². The molecule has 3 fully saturated rings. The molecule has 0 spiro atoms. The first-order chi connectivity index (χ1) is 20.8. The van der Waals surface area contributed by atoms with Crippen molar-refractivity contribution >= 4 is 52.8 Å². The molecular weight excluding hydrogens is 615 g/mol. The Labute approximate surface area is 255 Å². The highest BCUT2D eigenvalue weighted by Gasteiger charge is 2.50. The molecule has 3 aliphatic heterocycles. The highest BCUT2D eigenvalue weighted by molar-refractivity contribution is 7.52. The number of aromatic nitrogens is 2. The lowest BCUT2D eigenvalue weighted by atomic mass is 9.98. The lowest BCUT2D eigenvalue weighted by Gasteiger charge is -2.40. The molecule has 0 saturated carbocycles. The smallest absolute Gasteiger partial charge is 0.340 e. The maximum atomic E-state index is 14.2. The number of hydrogen-bond donors (Lipinski definition) is 3. The summed E-state index contributed by atoms with van der Waals surface area (Å²) in [7, 11) is -3.90. The van der Waals surface area contributed by atoms with E-state index in [0.29, 0.717) is 37.1 Å². The van der Waals surface area contributed by atoms with E-state index in [1.165, 1.54) is 12.1 Å². The maximum Gasteiger partial charge on any atom is 0.399 e. The summed E-state index contributed by atoms with van der Waals surface area (Å²) in [6, 6.07) is 4.91. The molecule has 234 valence electrons. The first kappa shape index (κ1) is 30.6. The van der Waals surface area contributed by atoms with Gasteiger partial charge in [-0.3, -0.25) is 23.6 Å². The topological polar surface area (TPSA) is 145 Å². The molecule has 3 aliphatic rings. The summed E-state index contributed by atoms with van der Waals surface area (Å²) < 4.78 is 42.0. The largest absolute Gasteiger partial charge is 0.399 e. The standard InChI is InChI=1S/C29H32F2N5O6PS/c1-34-21(10-11-32-34)12-17-15-35(16-17)28(39)23-8-7-20-4-2-3-5-22(27(38)36(20)23)33-26(37)25-14-18-13-19(6-9-24(18)44-25)29(30,31)43(40,41)42/h6,9-14,20,22-23H,2-5,7-8,15-16H2,1H3,(H,33,37)(H2,40,41,42)/t20-,22-,23-/m0/s1. The normalized spacial score (nSPS) is 22.8. The highest BCUT2D eigenvalue weighted by atomic mass is 32.1. The number of alkyl halides is 2.